The van der Waals surface area contributed by atoms with Crippen LogP contribution in [0, 0.1) is 0 Å². The number of aromatic nitrogens is 1. The van der Waals surface area contributed by atoms with Crippen LogP contribution < -0.4 is 0 Å². The van der Waals surface area contributed by atoms with Crippen LogP contribution in [0.25, 0.3) is 0 Å². The smallest absolute Gasteiger partial charge is 0.317 e. The van der Waals surface area contributed by atoms with Crippen LogP contribution >= 0.6 is 0 Å². The van der Waals surface area contributed by atoms with Crippen molar-refractivity contribution in [2.45, 2.75) is 4.90 Å². The average molecular weight is 287 g/mol. The topological polar surface area (TPSA) is 82.9 Å². The maximum atomic E-state index is 12.3. The van der Waals surface area contributed by atoms with Gasteiger partial charge in [0.25, 0.3) is 0 Å². The predicted molar refractivity (Wildman–Crippen MR) is 68.2 cm³/mol. The molecule has 1 N–H and O–H groups in total. The number of nitrogens with zero attached hydrogens (tertiary/aromatic N) is 3. The molecule has 19 heavy (non-hydrogen) atoms. The zero-order valence-electron chi connectivity index (χ0n) is 10.7. The van der Waals surface area contributed by atoms with Gasteiger partial charge in [0.1, 0.15) is 0 Å². The quantitative estimate of drug-likeness (QED) is 0.801. The molecular formula is C11H17N3O4S. The lowest BCUT2D eigenvalue weighted by molar-refractivity contribution is -0.138. The number of carboxylic acids is 1. The van der Waals surface area contributed by atoms with Gasteiger partial charge in [0.05, 0.1) is 11.4 Å². The number of hydrogen-bond acceptors (Lipinski definition) is 4. The summed E-state index contributed by atoms with van der Waals surface area (Å²) in [6.07, 6.45) is 3.26. The molecule has 2 rings (SSSR count). The molecule has 8 heteroatoms. The fourth-order valence-electron chi connectivity index (χ4n) is 2.10. The van der Waals surface area contributed by atoms with Crippen LogP contribution in [0.2, 0.25) is 0 Å². The molecule has 106 valence electrons. The van der Waals surface area contributed by atoms with E-state index in [0.717, 1.165) is 0 Å². The van der Waals surface area contributed by atoms with Crippen molar-refractivity contribution in [1.82, 2.24) is 13.8 Å². The van der Waals surface area contributed by atoms with E-state index in [2.05, 4.69) is 0 Å². The Morgan fingerprint density at radius 2 is 1.95 bits per heavy atom. The molecular weight excluding hydrogens is 270 g/mol. The number of rotatable bonds is 4. The van der Waals surface area contributed by atoms with Crippen molar-refractivity contribution >= 4 is 16.0 Å². The Hall–Kier alpha value is -1.38. The first-order valence-electron chi connectivity index (χ1n) is 5.96. The molecule has 0 saturated carbocycles. The van der Waals surface area contributed by atoms with Gasteiger partial charge in [-0.05, 0) is 6.07 Å². The van der Waals surface area contributed by atoms with Crippen molar-refractivity contribution in [2.24, 2.45) is 7.05 Å². The van der Waals surface area contributed by atoms with Gasteiger partial charge in [0.2, 0.25) is 10.0 Å². The van der Waals surface area contributed by atoms with E-state index in [9.17, 15) is 13.2 Å². The third-order valence-corrected chi connectivity index (χ3v) is 5.01. The number of hydrogen-bond donors (Lipinski definition) is 1. The van der Waals surface area contributed by atoms with Crippen molar-refractivity contribution in [3.63, 3.8) is 0 Å². The van der Waals surface area contributed by atoms with Crippen LogP contribution in [-0.4, -0.2) is 66.0 Å². The second-order valence-corrected chi connectivity index (χ2v) is 6.52. The Bertz CT molecular complexity index is 558. The molecule has 7 nitrogen and oxygen atoms in total. The summed E-state index contributed by atoms with van der Waals surface area (Å²) in [5.41, 5.74) is 0. The van der Waals surface area contributed by atoms with Crippen LogP contribution in [0.15, 0.2) is 23.4 Å². The first-order valence-corrected chi connectivity index (χ1v) is 7.40. The molecule has 0 aromatic carbocycles. The summed E-state index contributed by atoms with van der Waals surface area (Å²) >= 11 is 0. The zero-order valence-corrected chi connectivity index (χ0v) is 11.5. The second-order valence-electron chi connectivity index (χ2n) is 4.59. The molecule has 0 amide bonds. The number of sulfonamides is 1. The number of aliphatic carboxylic acids is 1. The van der Waals surface area contributed by atoms with E-state index < -0.39 is 16.0 Å². The van der Waals surface area contributed by atoms with Crippen molar-refractivity contribution in [3.8, 4) is 0 Å². The van der Waals surface area contributed by atoms with E-state index >= 15 is 0 Å². The van der Waals surface area contributed by atoms with Crippen LogP contribution in [0.3, 0.4) is 0 Å². The predicted octanol–water partition coefficient (Wildman–Crippen LogP) is -0.584. The summed E-state index contributed by atoms with van der Waals surface area (Å²) in [6, 6.07) is 1.57. The van der Waals surface area contributed by atoms with E-state index in [0.29, 0.717) is 26.2 Å². The summed E-state index contributed by atoms with van der Waals surface area (Å²) < 4.78 is 27.7. The van der Waals surface area contributed by atoms with Gasteiger partial charge >= 0.3 is 5.97 Å². The third kappa shape index (κ3) is 3.14. The Morgan fingerprint density at radius 3 is 2.42 bits per heavy atom. The maximum Gasteiger partial charge on any atom is 0.317 e. The lowest BCUT2D eigenvalue weighted by atomic mass is 10.3. The largest absolute Gasteiger partial charge is 0.480 e. The van der Waals surface area contributed by atoms with E-state index in [1.54, 1.807) is 35.0 Å². The van der Waals surface area contributed by atoms with Crippen molar-refractivity contribution in [3.05, 3.63) is 18.5 Å². The van der Waals surface area contributed by atoms with Crippen molar-refractivity contribution in [2.75, 3.05) is 32.7 Å². The highest BCUT2D eigenvalue weighted by Gasteiger charge is 2.29. The summed E-state index contributed by atoms with van der Waals surface area (Å²) in [7, 11) is -1.69. The molecule has 0 radical (unpaired) electrons. The molecule has 1 saturated heterocycles. The van der Waals surface area contributed by atoms with Crippen LogP contribution in [0.5, 0.6) is 0 Å². The minimum atomic E-state index is -3.45. The number of piperazine rings is 1. The minimum Gasteiger partial charge on any atom is -0.480 e. The summed E-state index contributed by atoms with van der Waals surface area (Å²) in [5.74, 6) is -0.889. The van der Waals surface area contributed by atoms with Gasteiger partial charge in [-0.3, -0.25) is 9.69 Å². The van der Waals surface area contributed by atoms with E-state index in [-0.39, 0.29) is 11.4 Å². The van der Waals surface area contributed by atoms with E-state index in [1.165, 1.54) is 4.31 Å². The van der Waals surface area contributed by atoms with Gasteiger partial charge in [-0.15, -0.1) is 0 Å². The van der Waals surface area contributed by atoms with Gasteiger partial charge in [0, 0.05) is 45.6 Å². The molecule has 0 spiro atoms. The summed E-state index contributed by atoms with van der Waals surface area (Å²) in [5, 5.41) is 8.70. The lowest BCUT2D eigenvalue weighted by Crippen LogP contribution is -2.49. The third-order valence-electron chi connectivity index (χ3n) is 3.13. The Kier molecular flexibility index (Phi) is 3.93. The van der Waals surface area contributed by atoms with Gasteiger partial charge in [-0.25, -0.2) is 8.42 Å². The molecule has 1 aliphatic rings. The SMILES string of the molecule is Cn1ccc(S(=O)(=O)N2CCN(CC(=O)O)CC2)c1. The number of carboxylic acid groups (broad SMARTS) is 1. The molecule has 0 atom stereocenters. The average Bonchev–Trinajstić information content (AvgIpc) is 2.76. The molecule has 1 fully saturated rings. The molecule has 1 aromatic heterocycles. The fraction of sp³-hybridized carbons (Fsp3) is 0.545. The van der Waals surface area contributed by atoms with Crippen molar-refractivity contribution < 1.29 is 18.3 Å². The number of carbonyl (C=O) groups is 1. The molecule has 2 heterocycles. The molecule has 0 unspecified atom stereocenters. The van der Waals surface area contributed by atoms with Crippen LogP contribution in [0.1, 0.15) is 0 Å². The molecule has 1 aliphatic heterocycles. The standard InChI is InChI=1S/C11H17N3O4S/c1-12-3-2-10(8-12)19(17,18)14-6-4-13(5-7-14)9-11(15)16/h2-3,8H,4-7,9H2,1H3,(H,15,16). The molecule has 0 bridgehead atoms. The van der Waals surface area contributed by atoms with Gasteiger partial charge in [0.15, 0.2) is 0 Å². The normalized spacial score (nSPS) is 18.6. The highest BCUT2D eigenvalue weighted by Crippen LogP contribution is 2.17. The lowest BCUT2D eigenvalue weighted by Gasteiger charge is -2.32. The Morgan fingerprint density at radius 1 is 1.32 bits per heavy atom. The summed E-state index contributed by atoms with van der Waals surface area (Å²) in [4.78, 5) is 12.6. The number of aryl methyl sites for hydroxylation is 1. The van der Waals surface area contributed by atoms with E-state index in [4.69, 9.17) is 5.11 Å². The van der Waals surface area contributed by atoms with Crippen LogP contribution in [0.4, 0.5) is 0 Å². The fourth-order valence-corrected chi connectivity index (χ4v) is 3.57. The highest BCUT2D eigenvalue weighted by molar-refractivity contribution is 7.89. The van der Waals surface area contributed by atoms with E-state index in [1.807, 2.05) is 0 Å². The highest BCUT2D eigenvalue weighted by atomic mass is 32.2. The van der Waals surface area contributed by atoms with Gasteiger partial charge < -0.3 is 9.67 Å². The monoisotopic (exact) mass is 287 g/mol. The minimum absolute atomic E-state index is 0.0424. The van der Waals surface area contributed by atoms with Crippen molar-refractivity contribution in [1.29, 1.82) is 0 Å². The zero-order chi connectivity index (χ0) is 14.0. The first-order chi connectivity index (χ1) is 8.89. The Balaban J connectivity index is 2.03. The summed E-state index contributed by atoms with van der Waals surface area (Å²) in [6.45, 7) is 1.49. The second kappa shape index (κ2) is 5.32. The molecule has 0 aliphatic carbocycles. The van der Waals surface area contributed by atoms with Gasteiger partial charge in [-0.1, -0.05) is 0 Å². The van der Waals surface area contributed by atoms with Crippen LogP contribution in [-0.2, 0) is 21.9 Å². The Labute approximate surface area is 112 Å². The molecule has 1 aromatic rings. The maximum absolute atomic E-state index is 12.3. The first kappa shape index (κ1) is 14.0. The van der Waals surface area contributed by atoms with Gasteiger partial charge in [-0.2, -0.15) is 4.31 Å².